The van der Waals surface area contributed by atoms with Crippen LogP contribution in [-0.4, -0.2) is 38.3 Å². The van der Waals surface area contributed by atoms with Crippen molar-refractivity contribution in [1.29, 1.82) is 0 Å². The number of anilines is 1. The van der Waals surface area contributed by atoms with E-state index in [1.54, 1.807) is 12.1 Å². The van der Waals surface area contributed by atoms with E-state index in [2.05, 4.69) is 20.2 Å². The number of likely N-dealkylation sites (N-methyl/N-ethyl adjacent to an activating group) is 1. The molecule has 1 aromatic carbocycles. The number of sulfonamides is 1. The van der Waals surface area contributed by atoms with Gasteiger partial charge >= 0.3 is 0 Å². The Kier molecular flexibility index (Phi) is 5.18. The lowest BCUT2D eigenvalue weighted by Crippen LogP contribution is -2.20. The molecule has 0 aliphatic heterocycles. The second-order valence-electron chi connectivity index (χ2n) is 4.27. The summed E-state index contributed by atoms with van der Waals surface area (Å²) in [6, 6.07) is 6.28. The van der Waals surface area contributed by atoms with E-state index in [0.29, 0.717) is 18.0 Å². The Balaban J connectivity index is 1.97. The van der Waals surface area contributed by atoms with Crippen molar-refractivity contribution in [2.75, 3.05) is 24.4 Å². The molecular weight excluding hydrogens is 292 g/mol. The monoisotopic (exact) mass is 310 g/mol. The van der Waals surface area contributed by atoms with E-state index in [0.717, 1.165) is 13.1 Å². The van der Waals surface area contributed by atoms with Crippen molar-refractivity contribution < 1.29 is 13.2 Å². The molecule has 0 aliphatic rings. The predicted molar refractivity (Wildman–Crippen MR) is 79.9 cm³/mol. The van der Waals surface area contributed by atoms with Crippen molar-refractivity contribution in [3.05, 3.63) is 36.7 Å². The lowest BCUT2D eigenvalue weighted by Gasteiger charge is -2.08. The van der Waals surface area contributed by atoms with Gasteiger partial charge < -0.3 is 10.1 Å². The van der Waals surface area contributed by atoms with Crippen LogP contribution in [0.25, 0.3) is 0 Å². The van der Waals surface area contributed by atoms with Gasteiger partial charge in [-0.1, -0.05) is 6.92 Å². The molecule has 0 spiro atoms. The van der Waals surface area contributed by atoms with Crippen LogP contribution in [-0.2, 0) is 10.0 Å². The maximum atomic E-state index is 12.1. The third-order valence-corrected chi connectivity index (χ3v) is 4.08. The molecule has 1 heterocycles. The van der Waals surface area contributed by atoms with Gasteiger partial charge in [-0.25, -0.2) is 8.42 Å². The maximum Gasteiger partial charge on any atom is 0.261 e. The van der Waals surface area contributed by atoms with Gasteiger partial charge in [0.05, 0.1) is 16.8 Å². The molecule has 0 saturated heterocycles. The van der Waals surface area contributed by atoms with Crippen molar-refractivity contribution >= 4 is 15.7 Å². The normalized spacial score (nSPS) is 11.3. The predicted octanol–water partition coefficient (Wildman–Crippen LogP) is 1.20. The largest absolute Gasteiger partial charge is 0.492 e. The van der Waals surface area contributed by atoms with Crippen molar-refractivity contribution in [3.8, 4) is 5.75 Å². The quantitative estimate of drug-likeness (QED) is 0.637. The second kappa shape index (κ2) is 7.09. The van der Waals surface area contributed by atoms with Gasteiger partial charge in [0.15, 0.2) is 0 Å². The van der Waals surface area contributed by atoms with Crippen LogP contribution < -0.4 is 14.8 Å². The van der Waals surface area contributed by atoms with Gasteiger partial charge in [-0.2, -0.15) is 5.10 Å². The molecule has 0 aliphatic carbocycles. The lowest BCUT2D eigenvalue weighted by atomic mass is 10.3. The number of hydrogen-bond acceptors (Lipinski definition) is 5. The first-order valence-corrected chi connectivity index (χ1v) is 8.05. The van der Waals surface area contributed by atoms with Crippen LogP contribution in [0, 0.1) is 0 Å². The molecule has 0 saturated carbocycles. The molecule has 3 N–H and O–H groups in total. The number of ether oxygens (including phenoxy) is 1. The van der Waals surface area contributed by atoms with E-state index in [-0.39, 0.29) is 4.90 Å². The molecule has 0 unspecified atom stereocenters. The van der Waals surface area contributed by atoms with Crippen molar-refractivity contribution in [2.24, 2.45) is 0 Å². The number of aromatic amines is 1. The number of benzene rings is 1. The topological polar surface area (TPSA) is 96.1 Å². The van der Waals surface area contributed by atoms with Gasteiger partial charge in [-0.05, 0) is 30.8 Å². The zero-order valence-electron chi connectivity index (χ0n) is 11.7. The number of rotatable bonds is 8. The van der Waals surface area contributed by atoms with Crippen LogP contribution in [0.1, 0.15) is 6.92 Å². The Morgan fingerprint density at radius 2 is 2.05 bits per heavy atom. The van der Waals surface area contributed by atoms with Gasteiger partial charge in [0.25, 0.3) is 10.0 Å². The first kappa shape index (κ1) is 15.3. The Morgan fingerprint density at radius 1 is 1.29 bits per heavy atom. The van der Waals surface area contributed by atoms with Crippen LogP contribution in [0.5, 0.6) is 5.75 Å². The summed E-state index contributed by atoms with van der Waals surface area (Å²) in [6.07, 6.45) is 2.87. The molecule has 7 nitrogen and oxygen atoms in total. The lowest BCUT2D eigenvalue weighted by molar-refractivity contribution is 0.315. The van der Waals surface area contributed by atoms with Gasteiger partial charge in [0.1, 0.15) is 12.4 Å². The highest BCUT2D eigenvalue weighted by molar-refractivity contribution is 7.92. The van der Waals surface area contributed by atoms with E-state index >= 15 is 0 Å². The first-order valence-electron chi connectivity index (χ1n) is 6.57. The fourth-order valence-corrected chi connectivity index (χ4v) is 2.69. The molecule has 0 bridgehead atoms. The smallest absolute Gasteiger partial charge is 0.261 e. The molecule has 21 heavy (non-hydrogen) atoms. The number of H-pyrrole nitrogens is 1. The third kappa shape index (κ3) is 4.47. The fraction of sp³-hybridized carbons (Fsp3) is 0.308. The molecule has 0 radical (unpaired) electrons. The Hall–Kier alpha value is -2.06. The SMILES string of the molecule is CCNCCOc1ccc(S(=O)(=O)Nc2cn[nH]c2)cc1. The number of nitrogens with one attached hydrogen (secondary N) is 3. The van der Waals surface area contributed by atoms with Crippen LogP contribution in [0.3, 0.4) is 0 Å². The van der Waals surface area contributed by atoms with Crippen LogP contribution in [0.2, 0.25) is 0 Å². The molecular formula is C13H18N4O3S. The fourth-order valence-electron chi connectivity index (χ4n) is 1.65. The van der Waals surface area contributed by atoms with E-state index in [1.807, 2.05) is 6.92 Å². The summed E-state index contributed by atoms with van der Waals surface area (Å²) in [4.78, 5) is 0.169. The summed E-state index contributed by atoms with van der Waals surface area (Å²) >= 11 is 0. The third-order valence-electron chi connectivity index (χ3n) is 2.68. The molecule has 0 fully saturated rings. The van der Waals surface area contributed by atoms with Gasteiger partial charge in [0, 0.05) is 12.7 Å². The van der Waals surface area contributed by atoms with E-state index < -0.39 is 10.0 Å². The minimum Gasteiger partial charge on any atom is -0.492 e. The molecule has 8 heteroatoms. The van der Waals surface area contributed by atoms with Crippen molar-refractivity contribution in [3.63, 3.8) is 0 Å². The highest BCUT2D eigenvalue weighted by atomic mass is 32.2. The van der Waals surface area contributed by atoms with Gasteiger partial charge in [-0.15, -0.1) is 0 Å². The van der Waals surface area contributed by atoms with Gasteiger partial charge in [-0.3, -0.25) is 9.82 Å². The van der Waals surface area contributed by atoms with Crippen LogP contribution >= 0.6 is 0 Å². The average Bonchev–Trinajstić information content (AvgIpc) is 2.96. The second-order valence-corrected chi connectivity index (χ2v) is 5.95. The minimum atomic E-state index is -3.61. The molecule has 0 amide bonds. The van der Waals surface area contributed by atoms with Crippen LogP contribution in [0.4, 0.5) is 5.69 Å². The van der Waals surface area contributed by atoms with Crippen LogP contribution in [0.15, 0.2) is 41.6 Å². The zero-order valence-corrected chi connectivity index (χ0v) is 12.5. The summed E-state index contributed by atoms with van der Waals surface area (Å²) < 4.78 is 32.1. The Morgan fingerprint density at radius 3 is 2.67 bits per heavy atom. The molecule has 2 aromatic rings. The molecule has 114 valence electrons. The van der Waals surface area contributed by atoms with E-state index in [9.17, 15) is 8.42 Å². The minimum absolute atomic E-state index is 0.169. The van der Waals surface area contributed by atoms with E-state index in [1.165, 1.54) is 24.5 Å². The molecule has 2 rings (SSSR count). The number of aromatic nitrogens is 2. The summed E-state index contributed by atoms with van der Waals surface area (Å²) in [5, 5.41) is 9.37. The van der Waals surface area contributed by atoms with Gasteiger partial charge in [0.2, 0.25) is 0 Å². The highest BCUT2D eigenvalue weighted by Crippen LogP contribution is 2.18. The summed E-state index contributed by atoms with van der Waals surface area (Å²) in [7, 11) is -3.61. The Labute approximate surface area is 123 Å². The van der Waals surface area contributed by atoms with E-state index in [4.69, 9.17) is 4.74 Å². The average molecular weight is 310 g/mol. The summed E-state index contributed by atoms with van der Waals surface area (Å²) in [6.45, 7) is 4.19. The maximum absolute atomic E-state index is 12.1. The molecule has 1 aromatic heterocycles. The standard InChI is InChI=1S/C13H18N4O3S/c1-2-14-7-8-20-12-3-5-13(6-4-12)21(18,19)17-11-9-15-16-10-11/h3-6,9-10,14,17H,2,7-8H2,1H3,(H,15,16). The molecule has 0 atom stereocenters. The number of nitrogens with zero attached hydrogens (tertiary/aromatic N) is 1. The summed E-state index contributed by atoms with van der Waals surface area (Å²) in [5.74, 6) is 0.634. The summed E-state index contributed by atoms with van der Waals surface area (Å²) in [5.41, 5.74) is 0.390. The zero-order chi connectivity index (χ0) is 15.1. The highest BCUT2D eigenvalue weighted by Gasteiger charge is 2.14. The first-order chi connectivity index (χ1) is 10.1. The Bertz CT molecular complexity index is 639. The number of hydrogen-bond donors (Lipinski definition) is 3. The van der Waals surface area contributed by atoms with Crippen molar-refractivity contribution in [1.82, 2.24) is 15.5 Å². The van der Waals surface area contributed by atoms with Crippen molar-refractivity contribution in [2.45, 2.75) is 11.8 Å².